The Morgan fingerprint density at radius 3 is 3.00 bits per heavy atom. The quantitative estimate of drug-likeness (QED) is 0.717. The van der Waals surface area contributed by atoms with Crippen molar-refractivity contribution in [1.82, 2.24) is 24.8 Å². The van der Waals surface area contributed by atoms with Crippen LogP contribution >= 0.6 is 0 Å². The average molecular weight is 271 g/mol. The minimum Gasteiger partial charge on any atom is -0.461 e. The predicted molar refractivity (Wildman–Crippen MR) is 68.5 cm³/mol. The summed E-state index contributed by atoms with van der Waals surface area (Å²) in [5.74, 6) is 1.72. The maximum absolute atomic E-state index is 5.24. The molecule has 4 rings (SSSR count). The lowest BCUT2D eigenvalue weighted by Gasteiger charge is -2.38. The van der Waals surface area contributed by atoms with Crippen molar-refractivity contribution in [3.8, 4) is 11.6 Å². The molecule has 0 aromatic carbocycles. The molecule has 4 heterocycles. The molecule has 3 aromatic heterocycles. The van der Waals surface area contributed by atoms with Gasteiger partial charge < -0.3 is 8.94 Å². The summed E-state index contributed by atoms with van der Waals surface area (Å²) >= 11 is 0. The van der Waals surface area contributed by atoms with E-state index in [-0.39, 0.29) is 0 Å². The van der Waals surface area contributed by atoms with Crippen LogP contribution in [-0.2, 0) is 6.54 Å². The molecule has 0 unspecified atom stereocenters. The van der Waals surface area contributed by atoms with Gasteiger partial charge in [0, 0.05) is 25.5 Å². The second kappa shape index (κ2) is 4.61. The van der Waals surface area contributed by atoms with E-state index in [0.717, 1.165) is 13.1 Å². The fraction of sp³-hybridized carbons (Fsp3) is 0.308. The van der Waals surface area contributed by atoms with Crippen LogP contribution in [-0.4, -0.2) is 37.9 Å². The fourth-order valence-corrected chi connectivity index (χ4v) is 2.35. The highest BCUT2D eigenvalue weighted by Crippen LogP contribution is 2.23. The van der Waals surface area contributed by atoms with Gasteiger partial charge in [0.1, 0.15) is 0 Å². The van der Waals surface area contributed by atoms with Crippen LogP contribution in [0.3, 0.4) is 0 Å². The SMILES string of the molecule is c1coc(-c2noc(CN3CC(n4cccn4)C3)n2)c1. The zero-order valence-corrected chi connectivity index (χ0v) is 10.7. The zero-order chi connectivity index (χ0) is 13.4. The molecule has 102 valence electrons. The second-order valence-electron chi connectivity index (χ2n) is 4.82. The summed E-state index contributed by atoms with van der Waals surface area (Å²) in [6.07, 6.45) is 5.38. The van der Waals surface area contributed by atoms with E-state index in [0.29, 0.717) is 30.1 Å². The molecule has 3 aromatic rings. The van der Waals surface area contributed by atoms with Gasteiger partial charge in [-0.05, 0) is 18.2 Å². The molecule has 0 N–H and O–H groups in total. The van der Waals surface area contributed by atoms with Gasteiger partial charge in [-0.3, -0.25) is 9.58 Å². The number of likely N-dealkylation sites (tertiary alicyclic amines) is 1. The van der Waals surface area contributed by atoms with E-state index in [2.05, 4.69) is 20.1 Å². The lowest BCUT2D eigenvalue weighted by molar-refractivity contribution is 0.0791. The van der Waals surface area contributed by atoms with E-state index in [9.17, 15) is 0 Å². The minimum atomic E-state index is 0.442. The smallest absolute Gasteiger partial charge is 0.241 e. The zero-order valence-electron chi connectivity index (χ0n) is 10.7. The number of furan rings is 1. The Labute approximate surface area is 114 Å². The number of hydrogen-bond acceptors (Lipinski definition) is 6. The number of rotatable bonds is 4. The Morgan fingerprint density at radius 2 is 2.25 bits per heavy atom. The molecule has 0 saturated carbocycles. The third-order valence-electron chi connectivity index (χ3n) is 3.41. The molecule has 7 nitrogen and oxygen atoms in total. The normalized spacial score (nSPS) is 16.4. The molecule has 1 fully saturated rings. The van der Waals surface area contributed by atoms with Crippen molar-refractivity contribution in [3.05, 3.63) is 42.7 Å². The summed E-state index contributed by atoms with van der Waals surface area (Å²) in [6, 6.07) is 6.00. The third-order valence-corrected chi connectivity index (χ3v) is 3.41. The van der Waals surface area contributed by atoms with Crippen molar-refractivity contribution >= 4 is 0 Å². The van der Waals surface area contributed by atoms with Gasteiger partial charge >= 0.3 is 0 Å². The van der Waals surface area contributed by atoms with Crippen LogP contribution in [0.2, 0.25) is 0 Å². The molecule has 0 aliphatic carbocycles. The summed E-state index contributed by atoms with van der Waals surface area (Å²) in [7, 11) is 0. The predicted octanol–water partition coefficient (Wildman–Crippen LogP) is 1.58. The molecule has 20 heavy (non-hydrogen) atoms. The molecule has 0 spiro atoms. The van der Waals surface area contributed by atoms with Crippen molar-refractivity contribution in [1.29, 1.82) is 0 Å². The lowest BCUT2D eigenvalue weighted by atomic mass is 10.1. The Bertz CT molecular complexity index is 668. The van der Waals surface area contributed by atoms with Crippen LogP contribution in [0.4, 0.5) is 0 Å². The van der Waals surface area contributed by atoms with Crippen molar-refractivity contribution in [3.63, 3.8) is 0 Å². The standard InChI is InChI=1S/C13H13N5O2/c1-3-11(19-6-1)13-15-12(20-16-13)9-17-7-10(8-17)18-5-2-4-14-18/h1-6,10H,7-9H2. The highest BCUT2D eigenvalue weighted by atomic mass is 16.5. The van der Waals surface area contributed by atoms with E-state index in [1.165, 1.54) is 0 Å². The maximum Gasteiger partial charge on any atom is 0.241 e. The van der Waals surface area contributed by atoms with Crippen LogP contribution in [0, 0.1) is 0 Å². The molecule has 1 aliphatic heterocycles. The summed E-state index contributed by atoms with van der Waals surface area (Å²) in [5.41, 5.74) is 0. The summed E-state index contributed by atoms with van der Waals surface area (Å²) in [4.78, 5) is 6.57. The van der Waals surface area contributed by atoms with Gasteiger partial charge in [0.2, 0.25) is 11.7 Å². The molecular formula is C13H13N5O2. The van der Waals surface area contributed by atoms with Gasteiger partial charge in [-0.1, -0.05) is 5.16 Å². The molecule has 0 atom stereocenters. The monoisotopic (exact) mass is 271 g/mol. The lowest BCUT2D eigenvalue weighted by Crippen LogP contribution is -2.47. The number of hydrogen-bond donors (Lipinski definition) is 0. The van der Waals surface area contributed by atoms with E-state index >= 15 is 0 Å². The molecule has 0 amide bonds. The van der Waals surface area contributed by atoms with E-state index in [1.807, 2.05) is 23.0 Å². The Kier molecular flexibility index (Phi) is 2.63. The van der Waals surface area contributed by atoms with Crippen LogP contribution < -0.4 is 0 Å². The topological polar surface area (TPSA) is 73.1 Å². The van der Waals surface area contributed by atoms with Crippen molar-refractivity contribution in [2.45, 2.75) is 12.6 Å². The maximum atomic E-state index is 5.24. The van der Waals surface area contributed by atoms with Crippen LogP contribution in [0.25, 0.3) is 11.6 Å². The Hall–Kier alpha value is -2.41. The van der Waals surface area contributed by atoms with Crippen molar-refractivity contribution in [2.75, 3.05) is 13.1 Å². The summed E-state index contributed by atoms with van der Waals surface area (Å²) in [5, 5.41) is 8.16. The van der Waals surface area contributed by atoms with Gasteiger partial charge in [0.15, 0.2) is 5.76 Å². The minimum absolute atomic E-state index is 0.442. The van der Waals surface area contributed by atoms with Crippen LogP contribution in [0.5, 0.6) is 0 Å². The first kappa shape index (κ1) is 11.4. The average Bonchev–Trinajstić information content (AvgIpc) is 3.13. The van der Waals surface area contributed by atoms with E-state index < -0.39 is 0 Å². The van der Waals surface area contributed by atoms with E-state index in [1.54, 1.807) is 18.5 Å². The van der Waals surface area contributed by atoms with Gasteiger partial charge in [-0.25, -0.2) is 0 Å². The molecule has 0 bridgehead atoms. The number of nitrogens with zero attached hydrogens (tertiary/aromatic N) is 5. The molecule has 1 saturated heterocycles. The number of aromatic nitrogens is 4. The molecular weight excluding hydrogens is 258 g/mol. The van der Waals surface area contributed by atoms with Crippen LogP contribution in [0.15, 0.2) is 45.8 Å². The van der Waals surface area contributed by atoms with E-state index in [4.69, 9.17) is 8.94 Å². The first-order chi connectivity index (χ1) is 9.88. The largest absolute Gasteiger partial charge is 0.461 e. The fourth-order valence-electron chi connectivity index (χ4n) is 2.35. The highest BCUT2D eigenvalue weighted by Gasteiger charge is 2.29. The first-order valence-electron chi connectivity index (χ1n) is 6.46. The molecule has 7 heteroatoms. The Balaban J connectivity index is 1.37. The van der Waals surface area contributed by atoms with Crippen LogP contribution in [0.1, 0.15) is 11.9 Å². The Morgan fingerprint density at radius 1 is 1.30 bits per heavy atom. The molecule has 1 aliphatic rings. The molecule has 0 radical (unpaired) electrons. The van der Waals surface area contributed by atoms with Crippen molar-refractivity contribution < 1.29 is 8.94 Å². The third kappa shape index (κ3) is 2.01. The summed E-state index contributed by atoms with van der Waals surface area (Å²) in [6.45, 7) is 2.55. The van der Waals surface area contributed by atoms with Gasteiger partial charge in [-0.2, -0.15) is 10.1 Å². The second-order valence-corrected chi connectivity index (χ2v) is 4.82. The highest BCUT2D eigenvalue weighted by molar-refractivity contribution is 5.44. The van der Waals surface area contributed by atoms with Crippen molar-refractivity contribution in [2.24, 2.45) is 0 Å². The summed E-state index contributed by atoms with van der Waals surface area (Å²) < 4.78 is 12.5. The van der Waals surface area contributed by atoms with Gasteiger partial charge in [0.25, 0.3) is 0 Å². The van der Waals surface area contributed by atoms with Gasteiger partial charge in [0.05, 0.1) is 18.8 Å². The first-order valence-corrected chi connectivity index (χ1v) is 6.46. The van der Waals surface area contributed by atoms with Gasteiger partial charge in [-0.15, -0.1) is 0 Å².